The van der Waals surface area contributed by atoms with E-state index >= 15 is 0 Å². The van der Waals surface area contributed by atoms with Crippen LogP contribution in [0.15, 0.2) is 36.5 Å². The lowest BCUT2D eigenvalue weighted by molar-refractivity contribution is -0.150. The van der Waals surface area contributed by atoms with Crippen molar-refractivity contribution >= 4 is 17.8 Å². The van der Waals surface area contributed by atoms with Crippen LogP contribution in [0.4, 0.5) is 0 Å². The topological polar surface area (TPSA) is 92.7 Å². The molecule has 0 radical (unpaired) electrons. The van der Waals surface area contributed by atoms with Gasteiger partial charge < -0.3 is 15.2 Å². The number of hydrogen-bond donors (Lipinski definition) is 2. The van der Waals surface area contributed by atoms with Gasteiger partial charge in [-0.05, 0) is 70.6 Å². The summed E-state index contributed by atoms with van der Waals surface area (Å²) in [7, 11) is 0. The van der Waals surface area contributed by atoms with Crippen molar-refractivity contribution in [2.45, 2.75) is 225 Å². The van der Waals surface area contributed by atoms with E-state index in [0.717, 1.165) is 89.9 Å². The molecule has 0 rings (SSSR count). The summed E-state index contributed by atoms with van der Waals surface area (Å²) in [5.41, 5.74) is 0. The molecule has 0 aromatic heterocycles. The van der Waals surface area contributed by atoms with Crippen LogP contribution in [0, 0.1) is 0 Å². The van der Waals surface area contributed by atoms with E-state index in [0.29, 0.717) is 12.8 Å². The average molecular weight is 716 g/mol. The standard InChI is InChI=1S/C45H81NO5/c1-3-5-7-9-11-13-15-17-19-21-23-25-27-32-36-40-45(50)51-42(38-34-30-28-31-35-39-43(47)46-41-44(48)49)37-33-29-26-24-22-20-18-16-14-12-10-8-6-4-2/h5,7,11,13,17,19,42H,3-4,6,8-10,12,14-16,18,20-41H2,1-2H3,(H,46,47)(H,48,49)/b7-5-,13-11-,19-17-. The van der Waals surface area contributed by atoms with Crippen molar-refractivity contribution in [2.24, 2.45) is 0 Å². The number of ether oxygens (including phenoxy) is 1. The van der Waals surface area contributed by atoms with Gasteiger partial charge in [-0.1, -0.05) is 172 Å². The molecule has 0 saturated carbocycles. The van der Waals surface area contributed by atoms with E-state index in [4.69, 9.17) is 9.84 Å². The first-order valence-electron chi connectivity index (χ1n) is 21.6. The predicted molar refractivity (Wildman–Crippen MR) is 217 cm³/mol. The largest absolute Gasteiger partial charge is 0.480 e. The Hall–Kier alpha value is -2.37. The van der Waals surface area contributed by atoms with Gasteiger partial charge in [0, 0.05) is 12.8 Å². The molecule has 0 aliphatic heterocycles. The van der Waals surface area contributed by atoms with Crippen molar-refractivity contribution in [2.75, 3.05) is 6.54 Å². The Labute approximate surface area is 315 Å². The number of carbonyl (C=O) groups excluding carboxylic acids is 2. The average Bonchev–Trinajstić information content (AvgIpc) is 3.11. The second-order valence-corrected chi connectivity index (χ2v) is 14.6. The normalized spacial score (nSPS) is 12.4. The zero-order valence-corrected chi connectivity index (χ0v) is 33.5. The summed E-state index contributed by atoms with van der Waals surface area (Å²) in [4.78, 5) is 35.0. The van der Waals surface area contributed by atoms with Gasteiger partial charge in [0.15, 0.2) is 0 Å². The molecular weight excluding hydrogens is 634 g/mol. The number of allylic oxidation sites excluding steroid dienone is 6. The molecule has 0 heterocycles. The Morgan fingerprint density at radius 2 is 0.961 bits per heavy atom. The first-order chi connectivity index (χ1) is 25.0. The minimum atomic E-state index is -1.02. The summed E-state index contributed by atoms with van der Waals surface area (Å²) in [6.07, 6.45) is 49.8. The van der Waals surface area contributed by atoms with Crippen LogP contribution in [0.5, 0.6) is 0 Å². The number of aliphatic carboxylic acids is 1. The van der Waals surface area contributed by atoms with Gasteiger partial charge >= 0.3 is 11.9 Å². The van der Waals surface area contributed by atoms with Crippen LogP contribution in [0.25, 0.3) is 0 Å². The SMILES string of the molecule is CC/C=C\C/C=C\C/C=C\CCCCCCCC(=O)OC(CCCCCCCCCCCCCCCC)CCCCCCCC(=O)NCC(=O)O. The maximum Gasteiger partial charge on any atom is 0.322 e. The first kappa shape index (κ1) is 48.6. The molecule has 0 aromatic carbocycles. The Morgan fingerprint density at radius 3 is 1.47 bits per heavy atom. The smallest absolute Gasteiger partial charge is 0.322 e. The molecule has 0 spiro atoms. The highest BCUT2D eigenvalue weighted by molar-refractivity contribution is 5.80. The van der Waals surface area contributed by atoms with Crippen molar-refractivity contribution in [1.82, 2.24) is 5.32 Å². The van der Waals surface area contributed by atoms with Crippen LogP contribution in [0.2, 0.25) is 0 Å². The lowest BCUT2D eigenvalue weighted by Crippen LogP contribution is -2.28. The van der Waals surface area contributed by atoms with E-state index in [-0.39, 0.29) is 24.5 Å². The third kappa shape index (κ3) is 40.3. The lowest BCUT2D eigenvalue weighted by Gasteiger charge is -2.18. The van der Waals surface area contributed by atoms with Gasteiger partial charge in [0.2, 0.25) is 5.91 Å². The van der Waals surface area contributed by atoms with Crippen LogP contribution in [0.1, 0.15) is 219 Å². The summed E-state index contributed by atoms with van der Waals surface area (Å²) >= 11 is 0. The molecule has 0 saturated heterocycles. The number of amides is 1. The molecule has 1 atom stereocenters. The Kier molecular flexibility index (Phi) is 38.5. The van der Waals surface area contributed by atoms with E-state index in [9.17, 15) is 14.4 Å². The van der Waals surface area contributed by atoms with Gasteiger partial charge in [0.25, 0.3) is 0 Å². The Balaban J connectivity index is 4.20. The van der Waals surface area contributed by atoms with Crippen molar-refractivity contribution in [3.8, 4) is 0 Å². The predicted octanol–water partition coefficient (Wildman–Crippen LogP) is 13.3. The highest BCUT2D eigenvalue weighted by Gasteiger charge is 2.14. The molecule has 0 fully saturated rings. The number of carboxylic acid groups (broad SMARTS) is 1. The number of hydrogen-bond acceptors (Lipinski definition) is 4. The fraction of sp³-hybridized carbons (Fsp3) is 0.800. The van der Waals surface area contributed by atoms with E-state index in [2.05, 4.69) is 55.6 Å². The maximum absolute atomic E-state index is 12.8. The number of nitrogens with one attached hydrogen (secondary N) is 1. The minimum absolute atomic E-state index is 0.0195. The first-order valence-corrected chi connectivity index (χ1v) is 21.6. The van der Waals surface area contributed by atoms with Crippen LogP contribution in [-0.4, -0.2) is 35.6 Å². The highest BCUT2D eigenvalue weighted by Crippen LogP contribution is 2.19. The summed E-state index contributed by atoms with van der Waals surface area (Å²) in [6.45, 7) is 4.12. The second-order valence-electron chi connectivity index (χ2n) is 14.6. The number of esters is 1. The Bertz CT molecular complexity index is 880. The second kappa shape index (κ2) is 40.4. The summed E-state index contributed by atoms with van der Waals surface area (Å²) in [6, 6.07) is 0. The molecule has 296 valence electrons. The molecule has 1 unspecified atom stereocenters. The van der Waals surface area contributed by atoms with Crippen molar-refractivity contribution in [3.05, 3.63) is 36.5 Å². The van der Waals surface area contributed by atoms with Gasteiger partial charge in [-0.3, -0.25) is 14.4 Å². The number of carbonyl (C=O) groups is 3. The summed E-state index contributed by atoms with van der Waals surface area (Å²) in [5.74, 6) is -1.24. The van der Waals surface area contributed by atoms with Crippen LogP contribution in [-0.2, 0) is 19.1 Å². The zero-order chi connectivity index (χ0) is 37.3. The van der Waals surface area contributed by atoms with Crippen molar-refractivity contribution in [1.29, 1.82) is 0 Å². The van der Waals surface area contributed by atoms with Crippen LogP contribution in [0.3, 0.4) is 0 Å². The molecule has 2 N–H and O–H groups in total. The van der Waals surface area contributed by atoms with Gasteiger partial charge in [-0.2, -0.15) is 0 Å². The fourth-order valence-electron chi connectivity index (χ4n) is 6.41. The zero-order valence-electron chi connectivity index (χ0n) is 33.5. The summed E-state index contributed by atoms with van der Waals surface area (Å²) < 4.78 is 6.03. The number of rotatable bonds is 39. The van der Waals surface area contributed by atoms with E-state index < -0.39 is 5.97 Å². The van der Waals surface area contributed by atoms with Crippen LogP contribution >= 0.6 is 0 Å². The molecule has 51 heavy (non-hydrogen) atoms. The molecule has 0 aromatic rings. The molecule has 0 aliphatic rings. The van der Waals surface area contributed by atoms with Crippen molar-refractivity contribution in [3.63, 3.8) is 0 Å². The van der Waals surface area contributed by atoms with Crippen LogP contribution < -0.4 is 5.32 Å². The van der Waals surface area contributed by atoms with Gasteiger partial charge in [-0.25, -0.2) is 0 Å². The number of unbranched alkanes of at least 4 members (excludes halogenated alkanes) is 22. The van der Waals surface area contributed by atoms with Gasteiger partial charge in [-0.15, -0.1) is 0 Å². The molecule has 6 heteroatoms. The molecule has 1 amide bonds. The minimum Gasteiger partial charge on any atom is -0.480 e. The van der Waals surface area contributed by atoms with Gasteiger partial charge in [0.05, 0.1) is 0 Å². The molecule has 0 bridgehead atoms. The lowest BCUT2D eigenvalue weighted by atomic mass is 10.0. The molecule has 6 nitrogen and oxygen atoms in total. The van der Waals surface area contributed by atoms with Gasteiger partial charge in [0.1, 0.15) is 12.6 Å². The van der Waals surface area contributed by atoms with Crippen molar-refractivity contribution < 1.29 is 24.2 Å². The molecular formula is C45H81NO5. The third-order valence-corrected chi connectivity index (χ3v) is 9.58. The van der Waals surface area contributed by atoms with E-state index in [1.54, 1.807) is 0 Å². The van der Waals surface area contributed by atoms with E-state index in [1.165, 1.54) is 103 Å². The summed E-state index contributed by atoms with van der Waals surface area (Å²) in [5, 5.41) is 11.1. The maximum atomic E-state index is 12.8. The monoisotopic (exact) mass is 716 g/mol. The number of carboxylic acids is 1. The molecule has 0 aliphatic carbocycles. The highest BCUT2D eigenvalue weighted by atomic mass is 16.5. The quantitative estimate of drug-likeness (QED) is 0.0375. The Morgan fingerprint density at radius 1 is 0.529 bits per heavy atom. The van der Waals surface area contributed by atoms with E-state index in [1.807, 2.05) is 0 Å². The third-order valence-electron chi connectivity index (χ3n) is 9.58. The fourth-order valence-corrected chi connectivity index (χ4v) is 6.41.